The van der Waals surface area contributed by atoms with Crippen LogP contribution >= 0.6 is 24.0 Å². The summed E-state index contributed by atoms with van der Waals surface area (Å²) in [5.74, 6) is 2.32. The largest absolute Gasteiger partial charge is 0.381 e. The van der Waals surface area contributed by atoms with Gasteiger partial charge in [-0.2, -0.15) is 0 Å². The third kappa shape index (κ3) is 5.95. The van der Waals surface area contributed by atoms with Crippen LogP contribution in [0.3, 0.4) is 0 Å². The summed E-state index contributed by atoms with van der Waals surface area (Å²) >= 11 is 0. The summed E-state index contributed by atoms with van der Waals surface area (Å²) in [6.45, 7) is 9.85. The highest BCUT2D eigenvalue weighted by atomic mass is 127. The Bertz CT molecular complexity index is 592. The Balaban J connectivity index is 0.00000243. The number of rotatable bonds is 5. The van der Waals surface area contributed by atoms with Crippen LogP contribution < -0.4 is 5.32 Å². The first-order valence-corrected chi connectivity index (χ1v) is 11.5. The number of sulfone groups is 1. The van der Waals surface area contributed by atoms with Crippen molar-refractivity contribution in [2.24, 2.45) is 22.2 Å². The molecule has 3 aliphatic rings. The van der Waals surface area contributed by atoms with E-state index in [1.807, 2.05) is 0 Å². The van der Waals surface area contributed by atoms with Gasteiger partial charge in [0.15, 0.2) is 15.8 Å². The van der Waals surface area contributed by atoms with Crippen LogP contribution in [0, 0.1) is 17.3 Å². The predicted octanol–water partition coefficient (Wildman–Crippen LogP) is 2.14. The Morgan fingerprint density at radius 2 is 2.15 bits per heavy atom. The van der Waals surface area contributed by atoms with E-state index in [2.05, 4.69) is 24.1 Å². The van der Waals surface area contributed by atoms with Gasteiger partial charge in [-0.25, -0.2) is 8.42 Å². The molecule has 3 aliphatic heterocycles. The topological polar surface area (TPSA) is 71.0 Å². The molecular weight excluding hydrogens is 465 g/mol. The molecule has 0 saturated carbocycles. The predicted molar refractivity (Wildman–Crippen MR) is 116 cm³/mol. The highest BCUT2D eigenvalue weighted by Crippen LogP contribution is 2.33. The molecule has 0 aromatic rings. The number of nitrogens with one attached hydrogen (secondary N) is 1. The summed E-state index contributed by atoms with van der Waals surface area (Å²) in [5, 5.41) is 3.56. The van der Waals surface area contributed by atoms with Gasteiger partial charge in [0.1, 0.15) is 0 Å². The van der Waals surface area contributed by atoms with Gasteiger partial charge in [0.25, 0.3) is 0 Å². The van der Waals surface area contributed by atoms with Crippen LogP contribution in [0.4, 0.5) is 0 Å². The summed E-state index contributed by atoms with van der Waals surface area (Å²) in [7, 11) is -2.83. The second-order valence-corrected chi connectivity index (χ2v) is 10.6. The average molecular weight is 499 g/mol. The number of hydrogen-bond acceptors (Lipinski definition) is 4. The van der Waals surface area contributed by atoms with E-state index in [-0.39, 0.29) is 29.9 Å². The van der Waals surface area contributed by atoms with Crippen LogP contribution in [0.15, 0.2) is 4.99 Å². The van der Waals surface area contributed by atoms with E-state index in [9.17, 15) is 8.42 Å². The van der Waals surface area contributed by atoms with Gasteiger partial charge in [-0.3, -0.25) is 4.99 Å². The normalized spacial score (nSPS) is 34.1. The maximum absolute atomic E-state index is 11.7. The van der Waals surface area contributed by atoms with Crippen LogP contribution in [-0.2, 0) is 14.6 Å². The minimum atomic E-state index is -2.83. The zero-order chi connectivity index (χ0) is 17.9. The molecule has 3 rings (SSSR count). The number of guanidine groups is 1. The van der Waals surface area contributed by atoms with Crippen molar-refractivity contribution in [1.82, 2.24) is 10.2 Å². The van der Waals surface area contributed by atoms with Crippen molar-refractivity contribution in [1.29, 1.82) is 0 Å². The Morgan fingerprint density at radius 1 is 1.35 bits per heavy atom. The molecule has 0 aromatic heterocycles. The van der Waals surface area contributed by atoms with Gasteiger partial charge in [-0.15, -0.1) is 24.0 Å². The summed E-state index contributed by atoms with van der Waals surface area (Å²) in [6.07, 6.45) is 4.22. The van der Waals surface area contributed by atoms with E-state index < -0.39 is 9.84 Å². The molecule has 26 heavy (non-hydrogen) atoms. The SMILES string of the molecule is CCC1(C)CCN(C(=NCC2CCS(=O)(=O)C2)NCC2CCOC2)C1.I. The van der Waals surface area contributed by atoms with Crippen LogP contribution in [0.2, 0.25) is 0 Å². The number of likely N-dealkylation sites (tertiary alicyclic amines) is 1. The quantitative estimate of drug-likeness (QED) is 0.357. The van der Waals surface area contributed by atoms with Crippen LogP contribution in [-0.4, -0.2) is 70.2 Å². The monoisotopic (exact) mass is 499 g/mol. The van der Waals surface area contributed by atoms with Crippen molar-refractivity contribution in [3.8, 4) is 0 Å². The number of nitrogens with zero attached hydrogens (tertiary/aromatic N) is 2. The fourth-order valence-electron chi connectivity index (χ4n) is 3.97. The third-order valence-electron chi connectivity index (χ3n) is 6.11. The molecule has 3 heterocycles. The number of aliphatic imine (C=N–C) groups is 1. The Kier molecular flexibility index (Phi) is 8.03. The lowest BCUT2D eigenvalue weighted by atomic mass is 9.87. The molecular formula is C18H34IN3O3S. The smallest absolute Gasteiger partial charge is 0.193 e. The molecule has 3 saturated heterocycles. The average Bonchev–Trinajstić information content (AvgIpc) is 3.29. The number of halogens is 1. The Labute approximate surface area is 175 Å². The molecule has 0 amide bonds. The van der Waals surface area contributed by atoms with Gasteiger partial charge in [0.2, 0.25) is 0 Å². The van der Waals surface area contributed by atoms with Gasteiger partial charge < -0.3 is 15.0 Å². The first kappa shape index (κ1) is 22.2. The zero-order valence-electron chi connectivity index (χ0n) is 16.1. The van der Waals surface area contributed by atoms with Crippen molar-refractivity contribution >= 4 is 39.8 Å². The van der Waals surface area contributed by atoms with Gasteiger partial charge >= 0.3 is 0 Å². The molecule has 1 N–H and O–H groups in total. The van der Waals surface area contributed by atoms with Crippen LogP contribution in [0.5, 0.6) is 0 Å². The van der Waals surface area contributed by atoms with Gasteiger partial charge in [-0.1, -0.05) is 13.8 Å². The fraction of sp³-hybridized carbons (Fsp3) is 0.944. The summed E-state index contributed by atoms with van der Waals surface area (Å²) in [4.78, 5) is 7.20. The first-order chi connectivity index (χ1) is 11.9. The summed E-state index contributed by atoms with van der Waals surface area (Å²) in [6, 6.07) is 0. The summed E-state index contributed by atoms with van der Waals surface area (Å²) < 4.78 is 28.8. The van der Waals surface area contributed by atoms with E-state index in [4.69, 9.17) is 9.73 Å². The summed E-state index contributed by atoms with van der Waals surface area (Å²) in [5.41, 5.74) is 0.357. The van der Waals surface area contributed by atoms with Crippen LogP contribution in [0.25, 0.3) is 0 Å². The van der Waals surface area contributed by atoms with Crippen LogP contribution in [0.1, 0.15) is 39.5 Å². The molecule has 8 heteroatoms. The second-order valence-electron chi connectivity index (χ2n) is 8.38. The molecule has 152 valence electrons. The Morgan fingerprint density at radius 3 is 2.73 bits per heavy atom. The molecule has 0 radical (unpaired) electrons. The number of hydrogen-bond donors (Lipinski definition) is 1. The number of ether oxygens (including phenoxy) is 1. The molecule has 3 unspecified atom stereocenters. The minimum absolute atomic E-state index is 0. The van der Waals surface area contributed by atoms with Gasteiger partial charge in [-0.05, 0) is 37.0 Å². The van der Waals surface area contributed by atoms with Crippen molar-refractivity contribution in [2.45, 2.75) is 39.5 Å². The van der Waals surface area contributed by atoms with Gasteiger partial charge in [0, 0.05) is 38.7 Å². The highest BCUT2D eigenvalue weighted by Gasteiger charge is 2.34. The highest BCUT2D eigenvalue weighted by molar-refractivity contribution is 14.0. The first-order valence-electron chi connectivity index (χ1n) is 9.70. The maximum atomic E-state index is 11.7. The van der Waals surface area contributed by atoms with Crippen molar-refractivity contribution in [2.75, 3.05) is 50.9 Å². The minimum Gasteiger partial charge on any atom is -0.381 e. The maximum Gasteiger partial charge on any atom is 0.193 e. The molecule has 0 spiro atoms. The van der Waals surface area contributed by atoms with Crippen molar-refractivity contribution in [3.05, 3.63) is 0 Å². The molecule has 0 aliphatic carbocycles. The molecule has 0 aromatic carbocycles. The van der Waals surface area contributed by atoms with Crippen molar-refractivity contribution < 1.29 is 13.2 Å². The van der Waals surface area contributed by atoms with E-state index in [1.54, 1.807) is 0 Å². The molecule has 3 atom stereocenters. The lowest BCUT2D eigenvalue weighted by Crippen LogP contribution is -2.43. The standard InChI is InChI=1S/C18H33N3O3S.HI/c1-3-18(2)6-7-21(14-18)17(19-10-15-4-8-24-12-15)20-11-16-5-9-25(22,23)13-16;/h15-16H,3-14H2,1-2H3,(H,19,20);1H. The van der Waals surface area contributed by atoms with E-state index in [0.717, 1.165) is 51.6 Å². The molecule has 3 fully saturated rings. The van der Waals surface area contributed by atoms with E-state index >= 15 is 0 Å². The zero-order valence-corrected chi connectivity index (χ0v) is 19.2. The fourth-order valence-corrected chi connectivity index (χ4v) is 5.82. The lowest BCUT2D eigenvalue weighted by Gasteiger charge is -2.26. The van der Waals surface area contributed by atoms with Crippen molar-refractivity contribution in [3.63, 3.8) is 0 Å². The lowest BCUT2D eigenvalue weighted by molar-refractivity contribution is 0.186. The Hall–Kier alpha value is -0.0900. The van der Waals surface area contributed by atoms with E-state index in [1.165, 1.54) is 12.8 Å². The molecule has 0 bridgehead atoms. The molecule has 6 nitrogen and oxygen atoms in total. The third-order valence-corrected chi connectivity index (χ3v) is 7.95. The second kappa shape index (κ2) is 9.41. The van der Waals surface area contributed by atoms with Gasteiger partial charge in [0.05, 0.1) is 18.1 Å². The van der Waals surface area contributed by atoms with E-state index in [0.29, 0.717) is 29.4 Å².